The Balaban J connectivity index is 1.98. The number of amides is 2. The summed E-state index contributed by atoms with van der Waals surface area (Å²) >= 11 is 5.46. The van der Waals surface area contributed by atoms with Crippen LogP contribution < -0.4 is 5.32 Å². The first-order chi connectivity index (χ1) is 10.8. The van der Waals surface area contributed by atoms with Crippen molar-refractivity contribution in [3.63, 3.8) is 0 Å². The van der Waals surface area contributed by atoms with Crippen molar-refractivity contribution in [2.75, 3.05) is 24.3 Å². The third-order valence-corrected chi connectivity index (χ3v) is 3.27. The van der Waals surface area contributed by atoms with E-state index in [1.165, 1.54) is 0 Å². The van der Waals surface area contributed by atoms with Crippen molar-refractivity contribution in [2.24, 2.45) is 0 Å². The third-order valence-electron chi connectivity index (χ3n) is 3.12. The predicted octanol–water partition coefficient (Wildman–Crippen LogP) is 2.49. The molecule has 2 amide bonds. The van der Waals surface area contributed by atoms with E-state index in [1.54, 1.807) is 4.90 Å². The molecule has 0 bridgehead atoms. The number of aromatic nitrogens is 2. The first-order valence-electron chi connectivity index (χ1n) is 7.34. The minimum atomic E-state index is -0.602. The Hall–Kier alpha value is -1.96. The van der Waals surface area contributed by atoms with E-state index in [0.717, 1.165) is 11.3 Å². The number of carbonyl (C=O) groups excluding carboxylic acids is 2. The first kappa shape index (κ1) is 17.4. The lowest BCUT2D eigenvalue weighted by Gasteiger charge is -2.29. The van der Waals surface area contributed by atoms with E-state index in [1.807, 2.05) is 20.8 Å². The lowest BCUT2D eigenvalue weighted by atomic mass is 10.1. The molecule has 0 saturated heterocycles. The van der Waals surface area contributed by atoms with Crippen molar-refractivity contribution in [1.29, 1.82) is 0 Å². The van der Waals surface area contributed by atoms with Gasteiger partial charge in [-0.15, -0.1) is 11.6 Å². The molecular formula is C14H21ClN4O4. The number of ether oxygens (including phenoxy) is 2. The number of carbonyl (C=O) groups is 2. The SMILES string of the molecule is CC(C)(C)OC(=O)N1CCc2c(NC(=O)OCCCl)n[nH]c2C1. The van der Waals surface area contributed by atoms with Crippen molar-refractivity contribution in [3.05, 3.63) is 11.3 Å². The van der Waals surface area contributed by atoms with Gasteiger partial charge >= 0.3 is 12.2 Å². The van der Waals surface area contributed by atoms with Crippen LogP contribution in [0, 0.1) is 0 Å². The van der Waals surface area contributed by atoms with Gasteiger partial charge < -0.3 is 14.4 Å². The van der Waals surface area contributed by atoms with Crippen molar-refractivity contribution in [1.82, 2.24) is 15.1 Å². The molecule has 8 nitrogen and oxygen atoms in total. The van der Waals surface area contributed by atoms with Gasteiger partial charge in [0.25, 0.3) is 0 Å². The van der Waals surface area contributed by atoms with E-state index in [4.69, 9.17) is 21.1 Å². The van der Waals surface area contributed by atoms with E-state index in [9.17, 15) is 9.59 Å². The van der Waals surface area contributed by atoms with E-state index >= 15 is 0 Å². The van der Waals surface area contributed by atoms with Gasteiger partial charge in [0.1, 0.15) is 12.2 Å². The van der Waals surface area contributed by atoms with Crippen molar-refractivity contribution in [2.45, 2.75) is 39.3 Å². The summed E-state index contributed by atoms with van der Waals surface area (Å²) in [6.45, 7) is 6.45. The Morgan fingerprint density at radius 2 is 2.17 bits per heavy atom. The zero-order valence-corrected chi connectivity index (χ0v) is 14.2. The maximum Gasteiger partial charge on any atom is 0.412 e. The second-order valence-corrected chi connectivity index (χ2v) is 6.51. The number of H-pyrrole nitrogens is 1. The minimum absolute atomic E-state index is 0.131. The normalized spacial score (nSPS) is 14.2. The molecule has 0 saturated carbocycles. The summed E-state index contributed by atoms with van der Waals surface area (Å²) in [4.78, 5) is 25.2. The van der Waals surface area contributed by atoms with Gasteiger partial charge in [-0.3, -0.25) is 10.4 Å². The van der Waals surface area contributed by atoms with Gasteiger partial charge in [-0.2, -0.15) is 5.10 Å². The molecule has 2 rings (SSSR count). The van der Waals surface area contributed by atoms with E-state index in [-0.39, 0.29) is 18.6 Å². The number of nitrogens with zero attached hydrogens (tertiary/aromatic N) is 2. The van der Waals surface area contributed by atoms with Gasteiger partial charge in [0.2, 0.25) is 0 Å². The molecule has 0 radical (unpaired) electrons. The van der Waals surface area contributed by atoms with Crippen LogP contribution in [0.1, 0.15) is 32.0 Å². The molecule has 0 aliphatic carbocycles. The maximum atomic E-state index is 12.1. The smallest absolute Gasteiger partial charge is 0.412 e. The van der Waals surface area contributed by atoms with Crippen LogP contribution in [-0.4, -0.2) is 51.9 Å². The molecule has 1 aliphatic rings. The molecule has 0 unspecified atom stereocenters. The fraction of sp³-hybridized carbons (Fsp3) is 0.643. The van der Waals surface area contributed by atoms with Crippen LogP contribution in [0.5, 0.6) is 0 Å². The number of halogens is 1. The molecule has 0 atom stereocenters. The number of hydrogen-bond acceptors (Lipinski definition) is 5. The molecular weight excluding hydrogens is 324 g/mol. The van der Waals surface area contributed by atoms with Crippen LogP contribution in [0.25, 0.3) is 0 Å². The lowest BCUT2D eigenvalue weighted by Crippen LogP contribution is -2.39. The zero-order valence-electron chi connectivity index (χ0n) is 13.4. The average Bonchev–Trinajstić information content (AvgIpc) is 2.85. The summed E-state index contributed by atoms with van der Waals surface area (Å²) in [5.74, 6) is 0.653. The predicted molar refractivity (Wildman–Crippen MR) is 84.6 cm³/mol. The van der Waals surface area contributed by atoms with Crippen molar-refractivity contribution < 1.29 is 19.1 Å². The summed E-state index contributed by atoms with van der Waals surface area (Å²) in [5.41, 5.74) is 1.10. The van der Waals surface area contributed by atoms with Gasteiger partial charge in [0.15, 0.2) is 5.82 Å². The van der Waals surface area contributed by atoms with E-state index in [2.05, 4.69) is 15.5 Å². The highest BCUT2D eigenvalue weighted by Gasteiger charge is 2.28. The molecule has 1 aliphatic heterocycles. The van der Waals surface area contributed by atoms with Gasteiger partial charge in [0, 0.05) is 12.1 Å². The summed E-state index contributed by atoms with van der Waals surface area (Å²) in [5, 5.41) is 9.48. The Bertz CT molecular complexity index is 582. The number of rotatable bonds is 3. The average molecular weight is 345 g/mol. The Labute approximate surface area is 139 Å². The highest BCUT2D eigenvalue weighted by Crippen LogP contribution is 2.25. The topological polar surface area (TPSA) is 96.6 Å². The minimum Gasteiger partial charge on any atom is -0.448 e. The highest BCUT2D eigenvalue weighted by molar-refractivity contribution is 6.18. The summed E-state index contributed by atoms with van der Waals surface area (Å²) in [7, 11) is 0. The molecule has 2 N–H and O–H groups in total. The molecule has 1 aromatic rings. The standard InChI is InChI=1S/C14H21ClN4O4/c1-14(2,3)23-13(21)19-6-4-9-10(8-19)17-18-11(9)16-12(20)22-7-5-15/h4-8H2,1-3H3,(H2,16,17,18,20). The number of anilines is 1. The number of hydrogen-bond donors (Lipinski definition) is 2. The monoisotopic (exact) mass is 344 g/mol. The Morgan fingerprint density at radius 1 is 1.43 bits per heavy atom. The van der Waals surface area contributed by atoms with Gasteiger partial charge in [-0.25, -0.2) is 9.59 Å². The number of alkyl halides is 1. The van der Waals surface area contributed by atoms with Crippen LogP contribution in [0.4, 0.5) is 15.4 Å². The molecule has 23 heavy (non-hydrogen) atoms. The third kappa shape index (κ3) is 4.75. The quantitative estimate of drug-likeness (QED) is 0.821. The number of aromatic amines is 1. The van der Waals surface area contributed by atoms with E-state index < -0.39 is 11.7 Å². The second kappa shape index (κ2) is 7.08. The number of nitrogens with one attached hydrogen (secondary N) is 2. The highest BCUT2D eigenvalue weighted by atomic mass is 35.5. The molecule has 0 aromatic carbocycles. The second-order valence-electron chi connectivity index (χ2n) is 6.13. The van der Waals surface area contributed by atoms with E-state index in [0.29, 0.717) is 25.3 Å². The summed E-state index contributed by atoms with van der Waals surface area (Å²) < 4.78 is 10.2. The first-order valence-corrected chi connectivity index (χ1v) is 7.87. The maximum absolute atomic E-state index is 12.1. The fourth-order valence-electron chi connectivity index (χ4n) is 2.17. The number of fused-ring (bicyclic) bond motifs is 1. The Morgan fingerprint density at radius 3 is 2.83 bits per heavy atom. The van der Waals surface area contributed by atoms with Crippen molar-refractivity contribution >= 4 is 29.6 Å². The van der Waals surface area contributed by atoms with Gasteiger partial charge in [-0.05, 0) is 27.2 Å². The lowest BCUT2D eigenvalue weighted by molar-refractivity contribution is 0.0221. The molecule has 2 heterocycles. The largest absolute Gasteiger partial charge is 0.448 e. The van der Waals surface area contributed by atoms with Crippen LogP contribution in [-0.2, 0) is 22.4 Å². The van der Waals surface area contributed by atoms with Crippen LogP contribution in [0.3, 0.4) is 0 Å². The Kier molecular flexibility index (Phi) is 5.35. The van der Waals surface area contributed by atoms with Crippen molar-refractivity contribution in [3.8, 4) is 0 Å². The van der Waals surface area contributed by atoms with Crippen LogP contribution in [0.15, 0.2) is 0 Å². The van der Waals surface area contributed by atoms with Crippen LogP contribution >= 0.6 is 11.6 Å². The molecule has 128 valence electrons. The molecule has 0 fully saturated rings. The van der Waals surface area contributed by atoms with Crippen LogP contribution in [0.2, 0.25) is 0 Å². The summed E-state index contributed by atoms with van der Waals surface area (Å²) in [6, 6.07) is 0. The molecule has 0 spiro atoms. The van der Waals surface area contributed by atoms with Gasteiger partial charge in [-0.1, -0.05) is 0 Å². The fourth-order valence-corrected chi connectivity index (χ4v) is 2.24. The molecule has 1 aromatic heterocycles. The molecule has 9 heteroatoms. The zero-order chi connectivity index (χ0) is 17.0. The summed E-state index contributed by atoms with van der Waals surface area (Å²) in [6.07, 6.45) is -0.403. The van der Waals surface area contributed by atoms with Gasteiger partial charge in [0.05, 0.1) is 18.1 Å².